The normalized spacial score (nSPS) is 13.0. The van der Waals surface area contributed by atoms with Gasteiger partial charge >= 0.3 is 17.9 Å². The summed E-state index contributed by atoms with van der Waals surface area (Å²) >= 11 is 0. The van der Waals surface area contributed by atoms with Crippen LogP contribution in [0, 0.1) is 0 Å². The fourth-order valence-electron chi connectivity index (χ4n) is 6.46. The largest absolute Gasteiger partial charge is 0.462 e. The molecule has 0 radical (unpaired) electrons. The zero-order chi connectivity index (χ0) is 45.8. The van der Waals surface area contributed by atoms with Crippen LogP contribution in [0.4, 0.5) is 0 Å². The summed E-state index contributed by atoms with van der Waals surface area (Å²) in [6, 6.07) is 0. The minimum atomic E-state index is -0.807. The van der Waals surface area contributed by atoms with E-state index in [1.807, 2.05) is 0 Å². The highest BCUT2D eigenvalue weighted by atomic mass is 16.6. The van der Waals surface area contributed by atoms with Crippen LogP contribution in [-0.4, -0.2) is 37.2 Å². The van der Waals surface area contributed by atoms with E-state index in [-0.39, 0.29) is 37.5 Å². The van der Waals surface area contributed by atoms with E-state index in [0.29, 0.717) is 19.3 Å². The van der Waals surface area contributed by atoms with Gasteiger partial charge in [-0.25, -0.2) is 0 Å². The molecule has 0 bridgehead atoms. The Kier molecular flexibility index (Phi) is 47.5. The quantitative estimate of drug-likeness (QED) is 0.0263. The van der Waals surface area contributed by atoms with Crippen molar-refractivity contribution in [2.75, 3.05) is 13.2 Å². The number of allylic oxidation sites excluding steroid dienone is 18. The van der Waals surface area contributed by atoms with Crippen molar-refractivity contribution in [3.05, 3.63) is 109 Å². The summed E-state index contributed by atoms with van der Waals surface area (Å²) in [4.78, 5) is 37.8. The van der Waals surface area contributed by atoms with Crippen LogP contribution in [0.25, 0.3) is 0 Å². The molecule has 0 N–H and O–H groups in total. The molecule has 1 unspecified atom stereocenters. The fourth-order valence-corrected chi connectivity index (χ4v) is 6.46. The van der Waals surface area contributed by atoms with Crippen LogP contribution in [0.5, 0.6) is 0 Å². The third-order valence-electron chi connectivity index (χ3n) is 10.3. The topological polar surface area (TPSA) is 78.9 Å². The lowest BCUT2D eigenvalue weighted by Gasteiger charge is -2.18. The molecular formula is C57H92O6. The van der Waals surface area contributed by atoms with Gasteiger partial charge in [0.15, 0.2) is 6.10 Å². The first-order valence-corrected chi connectivity index (χ1v) is 25.4. The Morgan fingerprint density at radius 3 is 1.06 bits per heavy atom. The summed E-state index contributed by atoms with van der Waals surface area (Å²) < 4.78 is 16.6. The SMILES string of the molecule is CC/C=C\C/C=C\C/C=C\C/C=C\C/C=C\C/C=C\C/C=C\CCCC(=O)OCC(COC(=O)CCCCCCCCC)OC(=O)CCCCCCC/C=C\C/C=C\CCCCC. The maximum absolute atomic E-state index is 12.7. The van der Waals surface area contributed by atoms with E-state index in [9.17, 15) is 14.4 Å². The van der Waals surface area contributed by atoms with E-state index < -0.39 is 6.10 Å². The second-order valence-electron chi connectivity index (χ2n) is 16.3. The molecule has 356 valence electrons. The second-order valence-corrected chi connectivity index (χ2v) is 16.3. The first-order chi connectivity index (χ1) is 31.0. The van der Waals surface area contributed by atoms with Gasteiger partial charge < -0.3 is 14.2 Å². The molecule has 0 aromatic rings. The molecule has 0 spiro atoms. The van der Waals surface area contributed by atoms with Gasteiger partial charge in [0.2, 0.25) is 0 Å². The van der Waals surface area contributed by atoms with Gasteiger partial charge in [0.05, 0.1) is 0 Å². The minimum absolute atomic E-state index is 0.103. The molecule has 6 heteroatoms. The predicted molar refractivity (Wildman–Crippen MR) is 270 cm³/mol. The Labute approximate surface area is 387 Å². The highest BCUT2D eigenvalue weighted by Crippen LogP contribution is 2.12. The van der Waals surface area contributed by atoms with Crippen molar-refractivity contribution in [3.63, 3.8) is 0 Å². The Morgan fingerprint density at radius 2 is 0.635 bits per heavy atom. The van der Waals surface area contributed by atoms with Crippen molar-refractivity contribution in [1.29, 1.82) is 0 Å². The molecule has 0 saturated heterocycles. The number of carbonyl (C=O) groups is 3. The summed E-state index contributed by atoms with van der Waals surface area (Å²) in [7, 11) is 0. The van der Waals surface area contributed by atoms with Crippen LogP contribution in [-0.2, 0) is 28.6 Å². The van der Waals surface area contributed by atoms with Crippen LogP contribution in [0.15, 0.2) is 109 Å². The van der Waals surface area contributed by atoms with Crippen LogP contribution in [0.2, 0.25) is 0 Å². The van der Waals surface area contributed by atoms with Gasteiger partial charge in [0.1, 0.15) is 13.2 Å². The van der Waals surface area contributed by atoms with Crippen molar-refractivity contribution < 1.29 is 28.6 Å². The summed E-state index contributed by atoms with van der Waals surface area (Å²) in [5.74, 6) is -0.994. The lowest BCUT2D eigenvalue weighted by Crippen LogP contribution is -2.30. The number of ether oxygens (including phenoxy) is 3. The Balaban J connectivity index is 4.40. The van der Waals surface area contributed by atoms with Crippen molar-refractivity contribution in [3.8, 4) is 0 Å². The van der Waals surface area contributed by atoms with Crippen molar-refractivity contribution in [2.24, 2.45) is 0 Å². The van der Waals surface area contributed by atoms with Crippen molar-refractivity contribution in [1.82, 2.24) is 0 Å². The average Bonchev–Trinajstić information content (AvgIpc) is 3.28. The molecule has 0 aromatic heterocycles. The molecule has 0 aliphatic carbocycles. The van der Waals surface area contributed by atoms with Gasteiger partial charge in [-0.15, -0.1) is 0 Å². The number of hydrogen-bond acceptors (Lipinski definition) is 6. The van der Waals surface area contributed by atoms with E-state index in [1.54, 1.807) is 0 Å². The highest BCUT2D eigenvalue weighted by molar-refractivity contribution is 5.71. The van der Waals surface area contributed by atoms with Gasteiger partial charge in [0.25, 0.3) is 0 Å². The summed E-state index contributed by atoms with van der Waals surface area (Å²) in [6.45, 7) is 6.37. The molecule has 63 heavy (non-hydrogen) atoms. The fraction of sp³-hybridized carbons (Fsp3) is 0.632. The van der Waals surface area contributed by atoms with Crippen LogP contribution in [0.1, 0.15) is 213 Å². The van der Waals surface area contributed by atoms with E-state index in [0.717, 1.165) is 116 Å². The smallest absolute Gasteiger partial charge is 0.306 e. The van der Waals surface area contributed by atoms with Crippen LogP contribution < -0.4 is 0 Å². The predicted octanol–water partition coefficient (Wildman–Crippen LogP) is 16.8. The summed E-state index contributed by atoms with van der Waals surface area (Å²) in [5, 5.41) is 0. The number of rotatable bonds is 44. The molecule has 0 rings (SSSR count). The van der Waals surface area contributed by atoms with E-state index in [2.05, 4.69) is 130 Å². The van der Waals surface area contributed by atoms with Gasteiger partial charge in [0, 0.05) is 19.3 Å². The van der Waals surface area contributed by atoms with Gasteiger partial charge in [-0.3, -0.25) is 14.4 Å². The molecule has 0 aromatic carbocycles. The molecule has 0 fully saturated rings. The number of carbonyl (C=O) groups excluding carboxylic acids is 3. The lowest BCUT2D eigenvalue weighted by molar-refractivity contribution is -0.167. The number of hydrogen-bond donors (Lipinski definition) is 0. The first kappa shape index (κ1) is 59.1. The van der Waals surface area contributed by atoms with Crippen LogP contribution >= 0.6 is 0 Å². The molecule has 0 aliphatic rings. The maximum atomic E-state index is 12.7. The summed E-state index contributed by atoms with van der Waals surface area (Å²) in [5.41, 5.74) is 0. The molecule has 6 nitrogen and oxygen atoms in total. The van der Waals surface area contributed by atoms with Gasteiger partial charge in [-0.1, -0.05) is 201 Å². The van der Waals surface area contributed by atoms with Crippen molar-refractivity contribution in [2.45, 2.75) is 219 Å². The van der Waals surface area contributed by atoms with Crippen molar-refractivity contribution >= 4 is 17.9 Å². The zero-order valence-electron chi connectivity index (χ0n) is 40.5. The number of esters is 3. The molecule has 0 amide bonds. The van der Waals surface area contributed by atoms with Crippen LogP contribution in [0.3, 0.4) is 0 Å². The Bertz CT molecular complexity index is 1330. The van der Waals surface area contributed by atoms with E-state index in [4.69, 9.17) is 14.2 Å². The molecular weight excluding hydrogens is 781 g/mol. The highest BCUT2D eigenvalue weighted by Gasteiger charge is 2.19. The lowest BCUT2D eigenvalue weighted by atomic mass is 10.1. The third kappa shape index (κ3) is 49.0. The standard InChI is InChI=1S/C57H92O6/c1-4-7-10-13-16-18-20-22-24-25-26-27-28-29-30-31-33-34-36-38-41-44-47-50-56(59)62-53-54(52-61-55(58)49-46-43-40-15-12-9-6-3)63-57(60)51-48-45-42-39-37-35-32-23-21-19-17-14-11-8-5-2/h7,10,16-19,22-24,26-27,29-30,32-34,38,41,54H,4-6,8-9,11-15,20-21,25,28,31,35-37,39-40,42-53H2,1-3H3/b10-7-,18-16-,19-17-,24-22-,27-26-,30-29-,32-23-,34-33-,41-38-. The molecule has 0 aliphatic heterocycles. The molecule has 1 atom stereocenters. The van der Waals surface area contributed by atoms with E-state index >= 15 is 0 Å². The third-order valence-corrected chi connectivity index (χ3v) is 10.3. The summed E-state index contributed by atoms with van der Waals surface area (Å²) in [6.07, 6.45) is 68.1. The monoisotopic (exact) mass is 873 g/mol. The van der Waals surface area contributed by atoms with Gasteiger partial charge in [-0.05, 0) is 103 Å². The minimum Gasteiger partial charge on any atom is -0.462 e. The maximum Gasteiger partial charge on any atom is 0.306 e. The Morgan fingerprint density at radius 1 is 0.333 bits per heavy atom. The zero-order valence-corrected chi connectivity index (χ0v) is 40.5. The first-order valence-electron chi connectivity index (χ1n) is 25.4. The Hall–Kier alpha value is -3.93. The average molecular weight is 873 g/mol. The molecule has 0 saturated carbocycles. The second kappa shape index (κ2) is 50.7. The van der Waals surface area contributed by atoms with E-state index in [1.165, 1.54) is 51.4 Å². The number of unbranched alkanes of at least 4 members (excludes halogenated alkanes) is 15. The molecule has 0 heterocycles. The van der Waals surface area contributed by atoms with Gasteiger partial charge in [-0.2, -0.15) is 0 Å².